The van der Waals surface area contributed by atoms with Crippen molar-refractivity contribution < 1.29 is 9.53 Å². The highest BCUT2D eigenvalue weighted by atomic mass is 16.5. The molecule has 0 spiro atoms. The third-order valence-electron chi connectivity index (χ3n) is 3.89. The van der Waals surface area contributed by atoms with Gasteiger partial charge in [0.15, 0.2) is 0 Å². The van der Waals surface area contributed by atoms with E-state index in [1.807, 2.05) is 0 Å². The molecule has 1 aromatic carbocycles. The van der Waals surface area contributed by atoms with Crippen LogP contribution in [0.3, 0.4) is 0 Å². The molecule has 1 aromatic rings. The fourth-order valence-electron chi connectivity index (χ4n) is 2.74. The standard InChI is InChI=1S/C16H25N3O2/c1-21-14-8-5-7-13(17)15(14)16(20)18-9-6-12-19-10-3-2-4-11-19/h5,7-8H,2-4,6,9-12,17H2,1H3,(H,18,20). The normalized spacial score (nSPS) is 15.7. The molecule has 1 aliphatic heterocycles. The molecule has 1 saturated heterocycles. The number of carbonyl (C=O) groups excluding carboxylic acids is 1. The third kappa shape index (κ3) is 4.36. The van der Waals surface area contributed by atoms with Gasteiger partial charge in [-0.15, -0.1) is 0 Å². The summed E-state index contributed by atoms with van der Waals surface area (Å²) >= 11 is 0. The lowest BCUT2D eigenvalue weighted by molar-refractivity contribution is 0.0949. The van der Waals surface area contributed by atoms with E-state index in [1.54, 1.807) is 25.3 Å². The van der Waals surface area contributed by atoms with Gasteiger partial charge < -0.3 is 20.7 Å². The van der Waals surface area contributed by atoms with Gasteiger partial charge in [-0.3, -0.25) is 4.79 Å². The molecule has 116 valence electrons. The molecular weight excluding hydrogens is 266 g/mol. The van der Waals surface area contributed by atoms with Crippen LogP contribution in [0.25, 0.3) is 0 Å². The molecule has 0 aromatic heterocycles. The number of ether oxygens (including phenoxy) is 1. The fourth-order valence-corrected chi connectivity index (χ4v) is 2.74. The number of piperidine rings is 1. The number of nitrogen functional groups attached to an aromatic ring is 1. The van der Waals surface area contributed by atoms with Gasteiger partial charge in [0.05, 0.1) is 7.11 Å². The molecule has 5 heteroatoms. The van der Waals surface area contributed by atoms with Crippen molar-refractivity contribution in [2.24, 2.45) is 0 Å². The summed E-state index contributed by atoms with van der Waals surface area (Å²) in [5, 5.41) is 2.93. The van der Waals surface area contributed by atoms with Gasteiger partial charge in [0.2, 0.25) is 0 Å². The SMILES string of the molecule is COc1cccc(N)c1C(=O)NCCCN1CCCCC1. The Labute approximate surface area is 126 Å². The molecule has 1 fully saturated rings. The summed E-state index contributed by atoms with van der Waals surface area (Å²) < 4.78 is 5.20. The minimum absolute atomic E-state index is 0.163. The Morgan fingerprint density at radius 2 is 2.10 bits per heavy atom. The van der Waals surface area contributed by atoms with Crippen LogP contribution in [-0.2, 0) is 0 Å². The van der Waals surface area contributed by atoms with Crippen molar-refractivity contribution in [1.29, 1.82) is 0 Å². The van der Waals surface area contributed by atoms with Gasteiger partial charge in [0, 0.05) is 12.2 Å². The number of hydrogen-bond donors (Lipinski definition) is 2. The Kier molecular flexibility index (Phi) is 5.87. The van der Waals surface area contributed by atoms with E-state index in [2.05, 4.69) is 10.2 Å². The molecule has 0 saturated carbocycles. The van der Waals surface area contributed by atoms with Crippen molar-refractivity contribution >= 4 is 11.6 Å². The van der Waals surface area contributed by atoms with E-state index in [-0.39, 0.29) is 5.91 Å². The number of carbonyl (C=O) groups is 1. The van der Waals surface area contributed by atoms with Gasteiger partial charge in [-0.05, 0) is 51.0 Å². The first-order chi connectivity index (χ1) is 10.2. The molecule has 0 aliphatic carbocycles. The highest BCUT2D eigenvalue weighted by molar-refractivity contribution is 6.01. The molecule has 1 heterocycles. The largest absolute Gasteiger partial charge is 0.496 e. The maximum atomic E-state index is 12.2. The number of nitrogens with zero attached hydrogens (tertiary/aromatic N) is 1. The molecule has 2 rings (SSSR count). The monoisotopic (exact) mass is 291 g/mol. The first-order valence-electron chi connectivity index (χ1n) is 7.65. The summed E-state index contributed by atoms with van der Waals surface area (Å²) in [6.45, 7) is 4.08. The minimum atomic E-state index is -0.163. The summed E-state index contributed by atoms with van der Waals surface area (Å²) in [4.78, 5) is 14.7. The van der Waals surface area contributed by atoms with Crippen LogP contribution in [0.2, 0.25) is 0 Å². The van der Waals surface area contributed by atoms with E-state index in [0.717, 1.165) is 13.0 Å². The lowest BCUT2D eigenvalue weighted by atomic mass is 10.1. The van der Waals surface area contributed by atoms with Gasteiger partial charge in [-0.25, -0.2) is 0 Å². The number of likely N-dealkylation sites (tertiary alicyclic amines) is 1. The van der Waals surface area contributed by atoms with Gasteiger partial charge in [0.25, 0.3) is 5.91 Å². The molecule has 5 nitrogen and oxygen atoms in total. The summed E-state index contributed by atoms with van der Waals surface area (Å²) in [5.74, 6) is 0.354. The van der Waals surface area contributed by atoms with Crippen molar-refractivity contribution in [3.8, 4) is 5.75 Å². The van der Waals surface area contributed by atoms with Crippen molar-refractivity contribution in [2.75, 3.05) is 39.0 Å². The second-order valence-electron chi connectivity index (χ2n) is 5.44. The zero-order chi connectivity index (χ0) is 15.1. The average Bonchev–Trinajstić information content (AvgIpc) is 2.52. The Bertz CT molecular complexity index is 471. The fraction of sp³-hybridized carbons (Fsp3) is 0.562. The van der Waals surface area contributed by atoms with E-state index < -0.39 is 0 Å². The average molecular weight is 291 g/mol. The number of nitrogens with one attached hydrogen (secondary N) is 1. The molecular formula is C16H25N3O2. The van der Waals surface area contributed by atoms with E-state index in [9.17, 15) is 4.79 Å². The van der Waals surface area contributed by atoms with Crippen molar-refractivity contribution in [3.63, 3.8) is 0 Å². The second-order valence-corrected chi connectivity index (χ2v) is 5.44. The van der Waals surface area contributed by atoms with Gasteiger partial charge in [0.1, 0.15) is 11.3 Å². The molecule has 0 atom stereocenters. The number of methoxy groups -OCH3 is 1. The Balaban J connectivity index is 1.79. The molecule has 0 radical (unpaired) electrons. The van der Waals surface area contributed by atoms with Crippen LogP contribution in [0.1, 0.15) is 36.0 Å². The maximum Gasteiger partial charge on any atom is 0.257 e. The van der Waals surface area contributed by atoms with Crippen LogP contribution in [0, 0.1) is 0 Å². The summed E-state index contributed by atoms with van der Waals surface area (Å²) in [7, 11) is 1.54. The lowest BCUT2D eigenvalue weighted by Gasteiger charge is -2.26. The number of nitrogens with two attached hydrogens (primary N) is 1. The lowest BCUT2D eigenvalue weighted by Crippen LogP contribution is -2.33. The van der Waals surface area contributed by atoms with Crippen LogP contribution in [0.5, 0.6) is 5.75 Å². The van der Waals surface area contributed by atoms with Crippen LogP contribution in [0.4, 0.5) is 5.69 Å². The predicted octanol–water partition coefficient (Wildman–Crippen LogP) is 1.88. The molecule has 3 N–H and O–H groups in total. The molecule has 0 unspecified atom stereocenters. The third-order valence-corrected chi connectivity index (χ3v) is 3.89. The number of rotatable bonds is 6. The second kappa shape index (κ2) is 7.88. The summed E-state index contributed by atoms with van der Waals surface area (Å²) in [6, 6.07) is 5.24. The molecule has 1 amide bonds. The smallest absolute Gasteiger partial charge is 0.257 e. The van der Waals surface area contributed by atoms with Gasteiger partial charge in [-0.1, -0.05) is 12.5 Å². The van der Waals surface area contributed by atoms with Crippen LogP contribution in [-0.4, -0.2) is 44.1 Å². The first-order valence-corrected chi connectivity index (χ1v) is 7.65. The van der Waals surface area contributed by atoms with Crippen molar-refractivity contribution in [2.45, 2.75) is 25.7 Å². The number of hydrogen-bond acceptors (Lipinski definition) is 4. The van der Waals surface area contributed by atoms with Crippen molar-refractivity contribution in [1.82, 2.24) is 10.2 Å². The topological polar surface area (TPSA) is 67.6 Å². The number of benzene rings is 1. The quantitative estimate of drug-likeness (QED) is 0.620. The predicted molar refractivity (Wildman–Crippen MR) is 84.6 cm³/mol. The summed E-state index contributed by atoms with van der Waals surface area (Å²) in [5.41, 5.74) is 6.75. The Hall–Kier alpha value is -1.75. The van der Waals surface area contributed by atoms with E-state index >= 15 is 0 Å². The Morgan fingerprint density at radius 1 is 1.33 bits per heavy atom. The summed E-state index contributed by atoms with van der Waals surface area (Å²) in [6.07, 6.45) is 4.90. The number of anilines is 1. The highest BCUT2D eigenvalue weighted by Gasteiger charge is 2.15. The van der Waals surface area contributed by atoms with Crippen LogP contribution >= 0.6 is 0 Å². The first kappa shape index (κ1) is 15.6. The van der Waals surface area contributed by atoms with Gasteiger partial charge in [-0.2, -0.15) is 0 Å². The minimum Gasteiger partial charge on any atom is -0.496 e. The van der Waals surface area contributed by atoms with E-state index in [4.69, 9.17) is 10.5 Å². The van der Waals surface area contributed by atoms with Gasteiger partial charge >= 0.3 is 0 Å². The van der Waals surface area contributed by atoms with Crippen LogP contribution in [0.15, 0.2) is 18.2 Å². The van der Waals surface area contributed by atoms with E-state index in [1.165, 1.54) is 32.4 Å². The highest BCUT2D eigenvalue weighted by Crippen LogP contribution is 2.23. The Morgan fingerprint density at radius 3 is 2.81 bits per heavy atom. The zero-order valence-corrected chi connectivity index (χ0v) is 12.7. The molecule has 21 heavy (non-hydrogen) atoms. The molecule has 1 aliphatic rings. The zero-order valence-electron chi connectivity index (χ0n) is 12.7. The molecule has 0 bridgehead atoms. The number of amides is 1. The maximum absolute atomic E-state index is 12.2. The van der Waals surface area contributed by atoms with Crippen molar-refractivity contribution in [3.05, 3.63) is 23.8 Å². The van der Waals surface area contributed by atoms with Crippen LogP contribution < -0.4 is 15.8 Å². The van der Waals surface area contributed by atoms with E-state index in [0.29, 0.717) is 23.5 Å².